The fraction of sp³-hybridized carbons (Fsp3) is 0.481. The summed E-state index contributed by atoms with van der Waals surface area (Å²) in [5.74, 6) is -3.42. The molecule has 0 aliphatic carbocycles. The first-order valence-corrected chi connectivity index (χ1v) is 14.9. The summed E-state index contributed by atoms with van der Waals surface area (Å²) in [5, 5.41) is 36.6. The molecule has 3 heterocycles. The van der Waals surface area contributed by atoms with Gasteiger partial charge in [-0.3, -0.25) is 29.4 Å². The number of ether oxygens (including phenoxy) is 4. The quantitative estimate of drug-likeness (QED) is 0.0202. The molecule has 0 saturated heterocycles. The molecule has 0 radical (unpaired) electrons. The maximum atomic E-state index is 12.5. The monoisotopic (exact) mass is 691 g/mol. The highest BCUT2D eigenvalue weighted by Crippen LogP contribution is 2.13. The van der Waals surface area contributed by atoms with Crippen LogP contribution < -0.4 is 21.7 Å². The SMILES string of the molecule is COC(=O)[C@H](CCCCN)NC(=O)COCCOCCOCCNC(=O)c1cc(NC(=O)c2cc(C(=O)c3cc([N+](=O)[O-])[nH]n3)n[nH]2)n[nH]1. The average Bonchev–Trinajstić information content (AvgIpc) is 3.88. The molecular weight excluding hydrogens is 654 g/mol. The Morgan fingerprint density at radius 1 is 0.878 bits per heavy atom. The van der Waals surface area contributed by atoms with E-state index in [0.29, 0.717) is 19.4 Å². The third-order valence-electron chi connectivity index (χ3n) is 6.39. The fourth-order valence-corrected chi connectivity index (χ4v) is 3.95. The van der Waals surface area contributed by atoms with Gasteiger partial charge in [-0.25, -0.2) is 4.79 Å². The minimum atomic E-state index is -0.758. The molecule has 266 valence electrons. The number of aromatic amines is 3. The molecule has 0 aromatic carbocycles. The Morgan fingerprint density at radius 2 is 1.53 bits per heavy atom. The Labute approximate surface area is 277 Å². The Morgan fingerprint density at radius 3 is 2.22 bits per heavy atom. The molecule has 0 fully saturated rings. The van der Waals surface area contributed by atoms with Gasteiger partial charge in [-0.2, -0.15) is 10.2 Å². The van der Waals surface area contributed by atoms with Gasteiger partial charge in [0.25, 0.3) is 11.8 Å². The number of unbranched alkanes of at least 4 members (excludes halogenated alkanes) is 1. The number of esters is 1. The van der Waals surface area contributed by atoms with Gasteiger partial charge in [0, 0.05) is 18.7 Å². The van der Waals surface area contributed by atoms with E-state index >= 15 is 0 Å². The predicted molar refractivity (Wildman–Crippen MR) is 165 cm³/mol. The summed E-state index contributed by atoms with van der Waals surface area (Å²) in [6.45, 7) is 1.44. The van der Waals surface area contributed by atoms with Crippen molar-refractivity contribution in [2.24, 2.45) is 5.73 Å². The van der Waals surface area contributed by atoms with Crippen LogP contribution in [0.15, 0.2) is 18.2 Å². The summed E-state index contributed by atoms with van der Waals surface area (Å²) in [6, 6.07) is 2.61. The van der Waals surface area contributed by atoms with E-state index in [4.69, 9.17) is 24.7 Å². The van der Waals surface area contributed by atoms with E-state index in [9.17, 15) is 34.1 Å². The second-order valence-electron chi connectivity index (χ2n) is 9.97. The largest absolute Gasteiger partial charge is 0.467 e. The van der Waals surface area contributed by atoms with Gasteiger partial charge in [0.1, 0.15) is 29.7 Å². The first kappa shape index (κ1) is 37.9. The molecule has 0 spiro atoms. The predicted octanol–water partition coefficient (Wildman–Crippen LogP) is -1.19. The van der Waals surface area contributed by atoms with Crippen LogP contribution in [0, 0.1) is 10.1 Å². The van der Waals surface area contributed by atoms with E-state index < -0.39 is 46.3 Å². The van der Waals surface area contributed by atoms with Crippen molar-refractivity contribution in [3.8, 4) is 0 Å². The van der Waals surface area contributed by atoms with Crippen molar-refractivity contribution in [3.05, 3.63) is 51.1 Å². The number of anilines is 1. The first-order chi connectivity index (χ1) is 23.6. The Hall–Kier alpha value is -5.58. The number of hydrogen-bond donors (Lipinski definition) is 7. The number of amides is 3. The van der Waals surface area contributed by atoms with Crippen molar-refractivity contribution in [2.75, 3.05) is 65.2 Å². The number of ketones is 1. The van der Waals surface area contributed by atoms with Crippen LogP contribution in [0.5, 0.6) is 0 Å². The van der Waals surface area contributed by atoms with E-state index in [-0.39, 0.29) is 74.8 Å². The van der Waals surface area contributed by atoms with Gasteiger partial charge in [-0.15, -0.1) is 5.10 Å². The van der Waals surface area contributed by atoms with Gasteiger partial charge in [0.15, 0.2) is 11.5 Å². The molecule has 3 aromatic rings. The third-order valence-corrected chi connectivity index (χ3v) is 6.39. The lowest BCUT2D eigenvalue weighted by atomic mass is 10.1. The summed E-state index contributed by atoms with van der Waals surface area (Å²) < 4.78 is 20.7. The molecule has 0 unspecified atom stereocenters. The number of nitrogens with two attached hydrogens (primary N) is 1. The van der Waals surface area contributed by atoms with Gasteiger partial charge in [-0.1, -0.05) is 5.10 Å². The second-order valence-corrected chi connectivity index (χ2v) is 9.97. The summed E-state index contributed by atoms with van der Waals surface area (Å²) in [7, 11) is 1.25. The molecule has 49 heavy (non-hydrogen) atoms. The highest BCUT2D eigenvalue weighted by molar-refractivity contribution is 6.09. The summed E-state index contributed by atoms with van der Waals surface area (Å²) >= 11 is 0. The lowest BCUT2D eigenvalue weighted by molar-refractivity contribution is -0.389. The molecule has 1 atom stereocenters. The standard InChI is InChI=1S/C27H37N11O11/c1-46-27(43)16(4-2-3-5-28)30-23(39)15-49-11-10-48-9-8-47-7-6-29-25(41)20-13-21(36-35-20)31-26(42)19-12-17(32-34-19)24(40)18-14-22(37-33-18)38(44)45/h12-14,16H,2-11,15,28H2,1H3,(H,29,41)(H,30,39)(H,32,34)(H,33,37)(H2,31,35,36,42)/t16-/m0/s1. The van der Waals surface area contributed by atoms with Crippen molar-refractivity contribution in [2.45, 2.75) is 25.3 Å². The molecule has 0 bridgehead atoms. The van der Waals surface area contributed by atoms with Crippen LogP contribution in [-0.4, -0.2) is 131 Å². The summed E-state index contributed by atoms with van der Waals surface area (Å²) in [5.41, 5.74) is 4.95. The van der Waals surface area contributed by atoms with Crippen LogP contribution >= 0.6 is 0 Å². The van der Waals surface area contributed by atoms with Crippen LogP contribution in [0.3, 0.4) is 0 Å². The molecule has 22 nitrogen and oxygen atoms in total. The number of rotatable bonds is 23. The van der Waals surface area contributed by atoms with E-state index in [1.807, 2.05) is 0 Å². The highest BCUT2D eigenvalue weighted by atomic mass is 16.6. The van der Waals surface area contributed by atoms with Crippen molar-refractivity contribution < 1.29 is 47.8 Å². The highest BCUT2D eigenvalue weighted by Gasteiger charge is 2.23. The average molecular weight is 692 g/mol. The zero-order valence-electron chi connectivity index (χ0n) is 26.4. The number of methoxy groups -OCH3 is 1. The van der Waals surface area contributed by atoms with Crippen molar-refractivity contribution in [1.82, 2.24) is 41.2 Å². The Bertz CT molecular complexity index is 1570. The molecule has 0 aliphatic rings. The lowest BCUT2D eigenvalue weighted by Gasteiger charge is -2.16. The molecule has 3 amide bonds. The maximum absolute atomic E-state index is 12.5. The Balaban J connectivity index is 1.24. The number of aromatic nitrogens is 6. The normalized spacial score (nSPS) is 11.5. The minimum absolute atomic E-state index is 0.0160. The minimum Gasteiger partial charge on any atom is -0.467 e. The van der Waals surface area contributed by atoms with Crippen LogP contribution in [0.2, 0.25) is 0 Å². The number of H-pyrrole nitrogens is 3. The van der Waals surface area contributed by atoms with Crippen LogP contribution in [0.25, 0.3) is 0 Å². The zero-order valence-corrected chi connectivity index (χ0v) is 26.4. The van der Waals surface area contributed by atoms with Crippen molar-refractivity contribution in [3.63, 3.8) is 0 Å². The molecule has 8 N–H and O–H groups in total. The number of nitro groups is 1. The molecule has 0 saturated carbocycles. The van der Waals surface area contributed by atoms with Gasteiger partial charge >= 0.3 is 11.8 Å². The number of carbonyl (C=O) groups is 5. The van der Waals surface area contributed by atoms with Gasteiger partial charge in [0.2, 0.25) is 11.7 Å². The molecule has 22 heteroatoms. The van der Waals surface area contributed by atoms with Gasteiger partial charge < -0.3 is 50.7 Å². The molecule has 3 aromatic heterocycles. The molecule has 3 rings (SSSR count). The smallest absolute Gasteiger partial charge is 0.343 e. The molecule has 0 aliphatic heterocycles. The molecular formula is C27H37N11O11. The summed E-state index contributed by atoms with van der Waals surface area (Å²) in [6.07, 6.45) is 1.82. The third kappa shape index (κ3) is 12.5. The number of hydrogen-bond acceptors (Lipinski definition) is 15. The first-order valence-electron chi connectivity index (χ1n) is 14.9. The van der Waals surface area contributed by atoms with Crippen LogP contribution in [-0.2, 0) is 28.5 Å². The van der Waals surface area contributed by atoms with Gasteiger partial charge in [0.05, 0.1) is 46.2 Å². The lowest BCUT2D eigenvalue weighted by Crippen LogP contribution is -2.43. The fourth-order valence-electron chi connectivity index (χ4n) is 3.95. The topological polar surface area (TPSA) is 314 Å². The van der Waals surface area contributed by atoms with Crippen LogP contribution in [0.4, 0.5) is 11.6 Å². The van der Waals surface area contributed by atoms with Crippen molar-refractivity contribution >= 4 is 41.1 Å². The van der Waals surface area contributed by atoms with E-state index in [1.165, 1.54) is 13.2 Å². The number of nitrogens with zero attached hydrogens (tertiary/aromatic N) is 4. The Kier molecular flexibility index (Phi) is 15.4. The summed E-state index contributed by atoms with van der Waals surface area (Å²) in [4.78, 5) is 71.2. The number of carbonyl (C=O) groups excluding carboxylic acids is 5. The van der Waals surface area contributed by atoms with Gasteiger partial charge in [-0.05, 0) is 30.7 Å². The van der Waals surface area contributed by atoms with Crippen molar-refractivity contribution in [1.29, 1.82) is 0 Å². The van der Waals surface area contributed by atoms with E-state index in [1.54, 1.807) is 0 Å². The van der Waals surface area contributed by atoms with E-state index in [2.05, 4.69) is 46.5 Å². The number of nitrogens with one attached hydrogen (secondary N) is 6. The second kappa shape index (κ2) is 19.9. The van der Waals surface area contributed by atoms with E-state index in [0.717, 1.165) is 18.6 Å². The van der Waals surface area contributed by atoms with Crippen LogP contribution in [0.1, 0.15) is 56.4 Å². The zero-order chi connectivity index (χ0) is 35.6. The maximum Gasteiger partial charge on any atom is 0.343 e.